The molecule has 1 aliphatic rings. The fourth-order valence-electron chi connectivity index (χ4n) is 3.25. The molecule has 120 valence electrons. The zero-order chi connectivity index (χ0) is 16.3. The summed E-state index contributed by atoms with van der Waals surface area (Å²) in [4.78, 5) is 23.5. The van der Waals surface area contributed by atoms with E-state index in [4.69, 9.17) is 5.11 Å². The highest BCUT2D eigenvalue weighted by Crippen LogP contribution is 2.32. The van der Waals surface area contributed by atoms with Crippen LogP contribution in [0.3, 0.4) is 0 Å². The van der Waals surface area contributed by atoms with Gasteiger partial charge in [0.25, 0.3) is 0 Å². The SMILES string of the molecule is Cc1ccccc1C(NC(=O)[C@@H]1CC[C@H](C(=O)O)C1)C(C)C. The molecule has 22 heavy (non-hydrogen) atoms. The lowest BCUT2D eigenvalue weighted by atomic mass is 9.92. The van der Waals surface area contributed by atoms with Gasteiger partial charge in [0.2, 0.25) is 5.91 Å². The molecule has 0 aromatic heterocycles. The number of carboxylic acids is 1. The monoisotopic (exact) mass is 303 g/mol. The maximum absolute atomic E-state index is 12.5. The number of carboxylic acid groups (broad SMARTS) is 1. The quantitative estimate of drug-likeness (QED) is 0.877. The Kier molecular flexibility index (Phi) is 5.22. The van der Waals surface area contributed by atoms with E-state index >= 15 is 0 Å². The van der Waals surface area contributed by atoms with Crippen molar-refractivity contribution < 1.29 is 14.7 Å². The molecule has 1 aromatic carbocycles. The van der Waals surface area contributed by atoms with Crippen LogP contribution in [0.15, 0.2) is 24.3 Å². The van der Waals surface area contributed by atoms with Crippen LogP contribution in [0.5, 0.6) is 0 Å². The molecular weight excluding hydrogens is 278 g/mol. The van der Waals surface area contributed by atoms with E-state index in [0.29, 0.717) is 19.3 Å². The maximum Gasteiger partial charge on any atom is 0.306 e. The highest BCUT2D eigenvalue weighted by molar-refractivity contribution is 5.81. The minimum absolute atomic E-state index is 0.00861. The molecule has 4 nitrogen and oxygen atoms in total. The highest BCUT2D eigenvalue weighted by Gasteiger charge is 2.35. The van der Waals surface area contributed by atoms with Crippen molar-refractivity contribution in [2.45, 2.75) is 46.1 Å². The zero-order valence-corrected chi connectivity index (χ0v) is 13.5. The van der Waals surface area contributed by atoms with E-state index in [-0.39, 0.29) is 29.7 Å². The van der Waals surface area contributed by atoms with Gasteiger partial charge in [0.1, 0.15) is 0 Å². The second-order valence-corrected chi connectivity index (χ2v) is 6.63. The molecule has 0 bridgehead atoms. The molecular formula is C18H25NO3. The van der Waals surface area contributed by atoms with E-state index in [1.807, 2.05) is 25.1 Å². The minimum atomic E-state index is -0.783. The Morgan fingerprint density at radius 2 is 1.82 bits per heavy atom. The first-order valence-electron chi connectivity index (χ1n) is 7.98. The van der Waals surface area contributed by atoms with Gasteiger partial charge in [0.15, 0.2) is 0 Å². The summed E-state index contributed by atoms with van der Waals surface area (Å²) in [6.07, 6.45) is 1.73. The van der Waals surface area contributed by atoms with Gasteiger partial charge in [0.05, 0.1) is 12.0 Å². The van der Waals surface area contributed by atoms with Crippen LogP contribution >= 0.6 is 0 Å². The average Bonchev–Trinajstić information content (AvgIpc) is 2.95. The first-order chi connectivity index (χ1) is 10.4. The largest absolute Gasteiger partial charge is 0.481 e. The van der Waals surface area contributed by atoms with Crippen molar-refractivity contribution in [1.82, 2.24) is 5.32 Å². The van der Waals surface area contributed by atoms with Gasteiger partial charge >= 0.3 is 5.97 Å². The number of carbonyl (C=O) groups is 2. The molecule has 1 unspecified atom stereocenters. The predicted molar refractivity (Wildman–Crippen MR) is 85.4 cm³/mol. The molecule has 0 aliphatic heterocycles. The predicted octanol–water partition coefficient (Wildman–Crippen LogP) is 3.31. The van der Waals surface area contributed by atoms with E-state index in [0.717, 1.165) is 11.1 Å². The Morgan fingerprint density at radius 1 is 1.18 bits per heavy atom. The third-order valence-electron chi connectivity index (χ3n) is 4.64. The van der Waals surface area contributed by atoms with E-state index in [1.54, 1.807) is 0 Å². The molecule has 1 saturated carbocycles. The summed E-state index contributed by atoms with van der Waals surface area (Å²) in [5.41, 5.74) is 2.30. The summed E-state index contributed by atoms with van der Waals surface area (Å²) in [6.45, 7) is 6.23. The number of carbonyl (C=O) groups excluding carboxylic acids is 1. The molecule has 0 saturated heterocycles. The molecule has 2 rings (SSSR count). The number of nitrogens with one attached hydrogen (secondary N) is 1. The van der Waals surface area contributed by atoms with Gasteiger partial charge in [0, 0.05) is 5.92 Å². The van der Waals surface area contributed by atoms with Crippen LogP contribution in [-0.2, 0) is 9.59 Å². The van der Waals surface area contributed by atoms with Gasteiger partial charge in [-0.1, -0.05) is 38.1 Å². The summed E-state index contributed by atoms with van der Waals surface area (Å²) in [5.74, 6) is -1.06. The van der Waals surface area contributed by atoms with Crippen LogP contribution in [0.25, 0.3) is 0 Å². The van der Waals surface area contributed by atoms with Crippen molar-refractivity contribution in [3.63, 3.8) is 0 Å². The molecule has 1 fully saturated rings. The summed E-state index contributed by atoms with van der Waals surface area (Å²) in [6, 6.07) is 8.05. The lowest BCUT2D eigenvalue weighted by molar-refractivity contribution is -0.141. The number of aryl methyl sites for hydroxylation is 1. The lowest BCUT2D eigenvalue weighted by Crippen LogP contribution is -2.36. The topological polar surface area (TPSA) is 66.4 Å². The second-order valence-electron chi connectivity index (χ2n) is 6.63. The molecule has 1 aliphatic carbocycles. The van der Waals surface area contributed by atoms with Gasteiger partial charge < -0.3 is 10.4 Å². The van der Waals surface area contributed by atoms with Crippen LogP contribution < -0.4 is 5.32 Å². The number of amides is 1. The van der Waals surface area contributed by atoms with Crippen molar-refractivity contribution in [3.05, 3.63) is 35.4 Å². The average molecular weight is 303 g/mol. The second kappa shape index (κ2) is 6.95. The van der Waals surface area contributed by atoms with Crippen LogP contribution in [0.1, 0.15) is 50.3 Å². The van der Waals surface area contributed by atoms with Gasteiger partial charge in [-0.15, -0.1) is 0 Å². The standard InChI is InChI=1S/C18H25NO3/c1-11(2)16(15-7-5-4-6-12(15)3)19-17(20)13-8-9-14(10-13)18(21)22/h4-7,11,13-14,16H,8-10H2,1-3H3,(H,19,20)(H,21,22)/t13-,14+,16?/m1/s1. The number of rotatable bonds is 5. The Labute approximate surface area is 131 Å². The van der Waals surface area contributed by atoms with Crippen molar-refractivity contribution >= 4 is 11.9 Å². The number of benzene rings is 1. The normalized spacial score (nSPS) is 22.5. The fraction of sp³-hybridized carbons (Fsp3) is 0.556. The number of hydrogen-bond donors (Lipinski definition) is 2. The third-order valence-corrected chi connectivity index (χ3v) is 4.64. The summed E-state index contributed by atoms with van der Waals surface area (Å²) < 4.78 is 0. The first kappa shape index (κ1) is 16.5. The highest BCUT2D eigenvalue weighted by atomic mass is 16.4. The molecule has 0 heterocycles. The molecule has 0 radical (unpaired) electrons. The smallest absolute Gasteiger partial charge is 0.306 e. The van der Waals surface area contributed by atoms with Crippen LogP contribution in [0.4, 0.5) is 0 Å². The number of aliphatic carboxylic acids is 1. The van der Waals surface area contributed by atoms with Crippen LogP contribution in [0.2, 0.25) is 0 Å². The van der Waals surface area contributed by atoms with Gasteiger partial charge in [-0.2, -0.15) is 0 Å². The maximum atomic E-state index is 12.5. The van der Waals surface area contributed by atoms with E-state index in [1.165, 1.54) is 0 Å². The molecule has 3 atom stereocenters. The van der Waals surface area contributed by atoms with Crippen molar-refractivity contribution in [1.29, 1.82) is 0 Å². The fourth-order valence-corrected chi connectivity index (χ4v) is 3.25. The van der Waals surface area contributed by atoms with Gasteiger partial charge in [-0.05, 0) is 43.2 Å². The molecule has 1 amide bonds. The number of hydrogen-bond acceptors (Lipinski definition) is 2. The summed E-state index contributed by atoms with van der Waals surface area (Å²) >= 11 is 0. The molecule has 4 heteroatoms. The van der Waals surface area contributed by atoms with Crippen molar-refractivity contribution in [2.75, 3.05) is 0 Å². The van der Waals surface area contributed by atoms with Gasteiger partial charge in [-0.25, -0.2) is 0 Å². The summed E-state index contributed by atoms with van der Waals surface area (Å²) in [7, 11) is 0. The van der Waals surface area contributed by atoms with Gasteiger partial charge in [-0.3, -0.25) is 9.59 Å². The Bertz CT molecular complexity index is 553. The first-order valence-corrected chi connectivity index (χ1v) is 7.98. The molecule has 1 aromatic rings. The van der Waals surface area contributed by atoms with Crippen molar-refractivity contribution in [3.8, 4) is 0 Å². The minimum Gasteiger partial charge on any atom is -0.481 e. The zero-order valence-electron chi connectivity index (χ0n) is 13.5. The van der Waals surface area contributed by atoms with E-state index < -0.39 is 5.97 Å². The van der Waals surface area contributed by atoms with Crippen LogP contribution in [0, 0.1) is 24.7 Å². The summed E-state index contributed by atoms with van der Waals surface area (Å²) in [5, 5.41) is 12.2. The molecule has 0 spiro atoms. The van der Waals surface area contributed by atoms with E-state index in [2.05, 4.69) is 25.2 Å². The third kappa shape index (κ3) is 3.67. The Morgan fingerprint density at radius 3 is 2.36 bits per heavy atom. The Balaban J connectivity index is 2.08. The molecule has 2 N–H and O–H groups in total. The van der Waals surface area contributed by atoms with Crippen LogP contribution in [-0.4, -0.2) is 17.0 Å². The Hall–Kier alpha value is -1.84. The van der Waals surface area contributed by atoms with Crippen molar-refractivity contribution in [2.24, 2.45) is 17.8 Å². The van der Waals surface area contributed by atoms with E-state index in [9.17, 15) is 9.59 Å². The lowest BCUT2D eigenvalue weighted by Gasteiger charge is -2.26.